The highest BCUT2D eigenvalue weighted by Gasteiger charge is 2.45. The zero-order valence-corrected chi connectivity index (χ0v) is 13.0. The number of hydrogen-bond acceptors (Lipinski definition) is 3. The number of carboxylic acid groups (broad SMARTS) is 1. The minimum absolute atomic E-state index is 0.00490. The lowest BCUT2D eigenvalue weighted by Crippen LogP contribution is -2.64. The number of likely N-dealkylation sites (N-methyl/N-ethyl adjacent to an activating group) is 1. The van der Waals surface area contributed by atoms with Crippen LogP contribution in [0.5, 0.6) is 0 Å². The van der Waals surface area contributed by atoms with E-state index >= 15 is 0 Å². The Hall–Kier alpha value is -1.59. The maximum atomic E-state index is 12.7. The lowest BCUT2D eigenvalue weighted by molar-refractivity contribution is -0.160. The van der Waals surface area contributed by atoms with E-state index in [0.717, 1.165) is 0 Å². The van der Waals surface area contributed by atoms with Crippen molar-refractivity contribution in [3.05, 3.63) is 0 Å². The standard InChI is InChI=1S/C15H24N2O4/c1-15(2)14(21)16(3)8-9-17(15)12(18)10-4-6-11(7-5-10)13(19)20/h10-11H,4-9H2,1-3H3,(H,19,20). The van der Waals surface area contributed by atoms with Crippen molar-refractivity contribution < 1.29 is 19.5 Å². The second kappa shape index (κ2) is 5.66. The minimum atomic E-state index is -0.812. The van der Waals surface area contributed by atoms with Gasteiger partial charge in [0.25, 0.3) is 0 Å². The first-order valence-electron chi connectivity index (χ1n) is 7.55. The van der Waals surface area contributed by atoms with Crippen molar-refractivity contribution in [3.8, 4) is 0 Å². The van der Waals surface area contributed by atoms with Gasteiger partial charge < -0.3 is 14.9 Å². The van der Waals surface area contributed by atoms with Gasteiger partial charge in [0.2, 0.25) is 11.8 Å². The minimum Gasteiger partial charge on any atom is -0.481 e. The highest BCUT2D eigenvalue weighted by atomic mass is 16.4. The Labute approximate surface area is 125 Å². The molecule has 1 aliphatic heterocycles. The van der Waals surface area contributed by atoms with Crippen molar-refractivity contribution in [3.63, 3.8) is 0 Å². The highest BCUT2D eigenvalue weighted by Crippen LogP contribution is 2.33. The first-order valence-corrected chi connectivity index (χ1v) is 7.55. The molecule has 0 aromatic heterocycles. The van der Waals surface area contributed by atoms with Crippen LogP contribution in [0.3, 0.4) is 0 Å². The van der Waals surface area contributed by atoms with Crippen LogP contribution >= 0.6 is 0 Å². The fourth-order valence-electron chi connectivity index (χ4n) is 3.41. The molecule has 0 aromatic rings. The van der Waals surface area contributed by atoms with E-state index in [0.29, 0.717) is 38.8 Å². The van der Waals surface area contributed by atoms with Crippen molar-refractivity contribution in [2.45, 2.75) is 45.1 Å². The number of carbonyl (C=O) groups is 3. The number of carbonyl (C=O) groups excluding carboxylic acids is 2. The van der Waals surface area contributed by atoms with E-state index < -0.39 is 11.5 Å². The quantitative estimate of drug-likeness (QED) is 0.823. The van der Waals surface area contributed by atoms with E-state index in [2.05, 4.69) is 0 Å². The summed E-state index contributed by atoms with van der Waals surface area (Å²) in [6.07, 6.45) is 2.31. The molecule has 6 heteroatoms. The third-order valence-electron chi connectivity index (χ3n) is 4.90. The highest BCUT2D eigenvalue weighted by molar-refractivity contribution is 5.92. The molecule has 2 rings (SSSR count). The molecule has 21 heavy (non-hydrogen) atoms. The number of piperazine rings is 1. The fourth-order valence-corrected chi connectivity index (χ4v) is 3.41. The molecule has 1 N–H and O–H groups in total. The summed E-state index contributed by atoms with van der Waals surface area (Å²) in [5.74, 6) is -1.27. The van der Waals surface area contributed by atoms with Crippen LogP contribution in [0.1, 0.15) is 39.5 Å². The lowest BCUT2D eigenvalue weighted by atomic mass is 9.80. The lowest BCUT2D eigenvalue weighted by Gasteiger charge is -2.46. The topological polar surface area (TPSA) is 77.9 Å². The van der Waals surface area contributed by atoms with Gasteiger partial charge in [0.05, 0.1) is 5.92 Å². The molecule has 0 bridgehead atoms. The maximum Gasteiger partial charge on any atom is 0.306 e. The predicted molar refractivity (Wildman–Crippen MR) is 76.5 cm³/mol. The van der Waals surface area contributed by atoms with Crippen molar-refractivity contribution >= 4 is 17.8 Å². The van der Waals surface area contributed by atoms with Crippen LogP contribution in [-0.2, 0) is 14.4 Å². The zero-order valence-electron chi connectivity index (χ0n) is 13.0. The Bertz CT molecular complexity index is 453. The summed E-state index contributed by atoms with van der Waals surface area (Å²) in [5.41, 5.74) is -0.812. The number of carboxylic acids is 1. The Morgan fingerprint density at radius 2 is 1.62 bits per heavy atom. The van der Waals surface area contributed by atoms with E-state index in [1.165, 1.54) is 0 Å². The van der Waals surface area contributed by atoms with Crippen LogP contribution < -0.4 is 0 Å². The molecule has 6 nitrogen and oxygen atoms in total. The molecule has 118 valence electrons. The molecule has 2 amide bonds. The molecule has 2 aliphatic rings. The van der Waals surface area contributed by atoms with Crippen molar-refractivity contribution in [2.75, 3.05) is 20.1 Å². The molecule has 0 unspecified atom stereocenters. The second-order valence-electron chi connectivity index (χ2n) is 6.66. The van der Waals surface area contributed by atoms with E-state index in [1.807, 2.05) is 0 Å². The van der Waals surface area contributed by atoms with Crippen LogP contribution in [0.15, 0.2) is 0 Å². The van der Waals surface area contributed by atoms with Crippen molar-refractivity contribution in [2.24, 2.45) is 11.8 Å². The van der Waals surface area contributed by atoms with Gasteiger partial charge in [0.15, 0.2) is 0 Å². The van der Waals surface area contributed by atoms with Crippen LogP contribution in [0.2, 0.25) is 0 Å². The largest absolute Gasteiger partial charge is 0.481 e. The van der Waals surface area contributed by atoms with Crippen LogP contribution in [0.25, 0.3) is 0 Å². The van der Waals surface area contributed by atoms with E-state index in [-0.39, 0.29) is 23.7 Å². The molecule has 1 saturated carbocycles. The van der Waals surface area contributed by atoms with Gasteiger partial charge in [-0.2, -0.15) is 0 Å². The second-order valence-corrected chi connectivity index (χ2v) is 6.66. The van der Waals surface area contributed by atoms with Gasteiger partial charge in [-0.25, -0.2) is 0 Å². The molecular formula is C15H24N2O4. The van der Waals surface area contributed by atoms with E-state index in [9.17, 15) is 14.4 Å². The van der Waals surface area contributed by atoms with Crippen molar-refractivity contribution in [1.82, 2.24) is 9.80 Å². The van der Waals surface area contributed by atoms with Gasteiger partial charge in [-0.15, -0.1) is 0 Å². The molecule has 0 atom stereocenters. The summed E-state index contributed by atoms with van der Waals surface area (Å²) in [7, 11) is 1.75. The van der Waals surface area contributed by atoms with Crippen LogP contribution in [0.4, 0.5) is 0 Å². The average molecular weight is 296 g/mol. The summed E-state index contributed by atoms with van der Waals surface area (Å²) in [4.78, 5) is 39.3. The summed E-state index contributed by atoms with van der Waals surface area (Å²) >= 11 is 0. The monoisotopic (exact) mass is 296 g/mol. The van der Waals surface area contributed by atoms with Gasteiger partial charge in [0.1, 0.15) is 5.54 Å². The third-order valence-corrected chi connectivity index (χ3v) is 4.90. The molecule has 1 heterocycles. The van der Waals surface area contributed by atoms with Crippen LogP contribution in [0, 0.1) is 11.8 Å². The smallest absolute Gasteiger partial charge is 0.306 e. The van der Waals surface area contributed by atoms with Gasteiger partial charge in [-0.1, -0.05) is 0 Å². The van der Waals surface area contributed by atoms with Gasteiger partial charge in [-0.3, -0.25) is 14.4 Å². The van der Waals surface area contributed by atoms with Crippen molar-refractivity contribution in [1.29, 1.82) is 0 Å². The molecule has 0 aromatic carbocycles. The Kier molecular flexibility index (Phi) is 4.25. The van der Waals surface area contributed by atoms with Gasteiger partial charge >= 0.3 is 5.97 Å². The summed E-state index contributed by atoms with van der Waals surface area (Å²) in [6, 6.07) is 0. The third kappa shape index (κ3) is 2.89. The average Bonchev–Trinajstić information content (AvgIpc) is 2.44. The molecule has 0 radical (unpaired) electrons. The first-order chi connectivity index (χ1) is 9.75. The molecule has 2 fully saturated rings. The van der Waals surface area contributed by atoms with Gasteiger partial charge in [-0.05, 0) is 39.5 Å². The Balaban J connectivity index is 2.04. The number of nitrogens with zero attached hydrogens (tertiary/aromatic N) is 2. The Morgan fingerprint density at radius 1 is 1.10 bits per heavy atom. The van der Waals surface area contributed by atoms with Crippen LogP contribution in [-0.4, -0.2) is 58.4 Å². The maximum absolute atomic E-state index is 12.7. The summed E-state index contributed by atoms with van der Waals surface area (Å²) in [5, 5.41) is 9.01. The number of amides is 2. The molecule has 0 spiro atoms. The normalized spacial score (nSPS) is 29.4. The number of hydrogen-bond donors (Lipinski definition) is 1. The fraction of sp³-hybridized carbons (Fsp3) is 0.800. The summed E-state index contributed by atoms with van der Waals surface area (Å²) < 4.78 is 0. The summed E-state index contributed by atoms with van der Waals surface area (Å²) in [6.45, 7) is 4.67. The zero-order chi connectivity index (χ0) is 15.8. The van der Waals surface area contributed by atoms with Gasteiger partial charge in [0, 0.05) is 26.1 Å². The predicted octanol–water partition coefficient (Wildman–Crippen LogP) is 0.957. The number of rotatable bonds is 2. The van der Waals surface area contributed by atoms with E-state index in [4.69, 9.17) is 5.11 Å². The molecule has 1 aliphatic carbocycles. The SMILES string of the molecule is CN1CCN(C(=O)C2CCC(C(=O)O)CC2)C(C)(C)C1=O. The number of aliphatic carboxylic acids is 1. The van der Waals surface area contributed by atoms with E-state index in [1.54, 1.807) is 30.7 Å². The first kappa shape index (κ1) is 15.8. The molecule has 1 saturated heterocycles. The Morgan fingerprint density at radius 3 is 2.14 bits per heavy atom. The molecular weight excluding hydrogens is 272 g/mol.